The average Bonchev–Trinajstić information content (AvgIpc) is 0.918. The van der Waals surface area contributed by atoms with E-state index in [1.54, 1.807) is 0 Å². The summed E-state index contributed by atoms with van der Waals surface area (Å²) in [6.07, 6.45) is 0. The zero-order valence-corrected chi connectivity index (χ0v) is 6.17. The van der Waals surface area contributed by atoms with Crippen LogP contribution in [0.4, 0.5) is 0 Å². The summed E-state index contributed by atoms with van der Waals surface area (Å²) in [5, 5.41) is 0. The van der Waals surface area contributed by atoms with Gasteiger partial charge in [0.1, 0.15) is 0 Å². The van der Waals surface area contributed by atoms with Crippen molar-refractivity contribution in [3.05, 3.63) is 0 Å². The standard InChI is InChI=1S/CIO.Ir/c2-1-3;/q-1;+3. The van der Waals surface area contributed by atoms with Crippen molar-refractivity contribution in [2.24, 2.45) is 0 Å². The van der Waals surface area contributed by atoms with E-state index in [1.807, 2.05) is 0 Å². The Kier molecular flexibility index (Phi) is 20.0. The summed E-state index contributed by atoms with van der Waals surface area (Å²) in [4.78, 5) is 8.67. The third kappa shape index (κ3) is 11.6. The second-order valence-corrected chi connectivity index (χ2v) is 0.518. The van der Waals surface area contributed by atoms with Gasteiger partial charge in [0.15, 0.2) is 0 Å². The second kappa shape index (κ2) is 8.97. The van der Waals surface area contributed by atoms with Gasteiger partial charge < -0.3 is 4.79 Å². The molecule has 0 aliphatic heterocycles. The number of rotatable bonds is 0. The van der Waals surface area contributed by atoms with Crippen molar-refractivity contribution < 1.29 is 24.9 Å². The maximum Gasteiger partial charge on any atom is 3.00 e. The Morgan fingerprint density at radius 1 is 1.75 bits per heavy atom. The van der Waals surface area contributed by atoms with E-state index in [1.165, 1.54) is 26.9 Å². The van der Waals surface area contributed by atoms with Gasteiger partial charge in [0, 0.05) is 0 Å². The zero-order valence-electron chi connectivity index (χ0n) is 1.62. The Morgan fingerprint density at radius 2 is 1.75 bits per heavy atom. The third-order valence-corrected chi connectivity index (χ3v) is 0. The van der Waals surface area contributed by atoms with E-state index >= 15 is 0 Å². The predicted octanol–water partition coefficient (Wildman–Crippen LogP) is 0.486. The second-order valence-electron chi connectivity index (χ2n) is 0.0772. The molecule has 0 aliphatic rings. The molecule has 24 valence electrons. The van der Waals surface area contributed by atoms with Crippen LogP contribution in [0.2, 0.25) is 0 Å². The number of halogens is 1. The Morgan fingerprint density at radius 3 is 1.75 bits per heavy atom. The Balaban J connectivity index is 0. The largest absolute Gasteiger partial charge is 3.00 e. The summed E-state index contributed by atoms with van der Waals surface area (Å²) < 4.78 is 1.47. The SMILES string of the molecule is O=[C-]I.[Ir+3]. The van der Waals surface area contributed by atoms with Gasteiger partial charge in [-0.2, -0.15) is 4.29 Å². The molecule has 0 fully saturated rings. The van der Waals surface area contributed by atoms with Crippen LogP contribution in [0.15, 0.2) is 0 Å². The van der Waals surface area contributed by atoms with Gasteiger partial charge in [-0.1, -0.05) is 0 Å². The fourth-order valence-corrected chi connectivity index (χ4v) is 0. The molecule has 0 aromatic rings. The molecule has 0 bridgehead atoms. The molecule has 0 aliphatic carbocycles. The molecule has 0 aromatic carbocycles. The van der Waals surface area contributed by atoms with E-state index in [4.69, 9.17) is 4.79 Å². The molecule has 0 saturated carbocycles. The minimum atomic E-state index is 0. The predicted molar refractivity (Wildman–Crippen MR) is 19.7 cm³/mol. The first-order chi connectivity index (χ1) is 1.41. The summed E-state index contributed by atoms with van der Waals surface area (Å²) in [5.74, 6) is 0. The van der Waals surface area contributed by atoms with Crippen LogP contribution in [0.5, 0.6) is 0 Å². The minimum Gasteiger partial charge on any atom is -0.531 e. The Bertz CT molecular complexity index is 15.5. The Labute approximate surface area is 51.6 Å². The van der Waals surface area contributed by atoms with Crippen LogP contribution in [0.25, 0.3) is 0 Å². The normalized spacial score (nSPS) is 3.25. The first-order valence-corrected chi connectivity index (χ1v) is 1.47. The smallest absolute Gasteiger partial charge is 0.531 e. The van der Waals surface area contributed by atoms with E-state index in [2.05, 4.69) is 0 Å². The van der Waals surface area contributed by atoms with Gasteiger partial charge in [0.05, 0.1) is 0 Å². The van der Waals surface area contributed by atoms with E-state index in [9.17, 15) is 0 Å². The van der Waals surface area contributed by atoms with E-state index < -0.39 is 0 Å². The maximum atomic E-state index is 8.67. The molecule has 0 unspecified atom stereocenters. The molecule has 1 nitrogen and oxygen atoms in total. The topological polar surface area (TPSA) is 17.1 Å². The molecule has 4 heavy (non-hydrogen) atoms. The number of hydrogen-bond donors (Lipinski definition) is 0. The van der Waals surface area contributed by atoms with Crippen LogP contribution in [-0.2, 0) is 24.9 Å². The van der Waals surface area contributed by atoms with Crippen molar-refractivity contribution in [3.63, 3.8) is 0 Å². The third-order valence-electron chi connectivity index (χ3n) is 0. The van der Waals surface area contributed by atoms with Gasteiger partial charge in [-0.3, -0.25) is 22.6 Å². The van der Waals surface area contributed by atoms with Crippen LogP contribution in [0.1, 0.15) is 0 Å². The molecular weight excluding hydrogens is 347 g/mol. The van der Waals surface area contributed by atoms with Crippen molar-refractivity contribution in [1.29, 1.82) is 0 Å². The summed E-state index contributed by atoms with van der Waals surface area (Å²) >= 11 is 1.48. The minimum absolute atomic E-state index is 0. The molecule has 0 amide bonds. The first-order valence-electron chi connectivity index (χ1n) is 0.393. The van der Waals surface area contributed by atoms with Crippen molar-refractivity contribution >= 4 is 26.9 Å². The summed E-state index contributed by atoms with van der Waals surface area (Å²) in [6.45, 7) is 0. The van der Waals surface area contributed by atoms with E-state index in [0.717, 1.165) is 0 Å². The van der Waals surface area contributed by atoms with Crippen LogP contribution in [0, 0.1) is 0 Å². The summed E-state index contributed by atoms with van der Waals surface area (Å²) in [6, 6.07) is 0. The molecular formula is CIIrO+2. The first kappa shape index (κ1) is 8.90. The average molecular weight is 347 g/mol. The fraction of sp³-hybridized carbons (Fsp3) is 0. The van der Waals surface area contributed by atoms with Gasteiger partial charge in [0.25, 0.3) is 0 Å². The van der Waals surface area contributed by atoms with E-state index in [0.29, 0.717) is 0 Å². The monoisotopic (exact) mass is 348 g/mol. The van der Waals surface area contributed by atoms with Gasteiger partial charge in [-0.05, 0) is 0 Å². The van der Waals surface area contributed by atoms with Gasteiger partial charge >= 0.3 is 20.1 Å². The fourth-order valence-electron chi connectivity index (χ4n) is 0. The van der Waals surface area contributed by atoms with Crippen LogP contribution < -0.4 is 0 Å². The molecule has 0 N–H and O–H groups in total. The zero-order chi connectivity index (χ0) is 2.71. The van der Waals surface area contributed by atoms with Crippen molar-refractivity contribution in [3.8, 4) is 0 Å². The maximum absolute atomic E-state index is 8.67. The quantitative estimate of drug-likeness (QED) is 0.354. The van der Waals surface area contributed by atoms with Crippen molar-refractivity contribution in [2.45, 2.75) is 0 Å². The van der Waals surface area contributed by atoms with Crippen LogP contribution in [0.3, 0.4) is 0 Å². The van der Waals surface area contributed by atoms with Gasteiger partial charge in [-0.25, -0.2) is 0 Å². The summed E-state index contributed by atoms with van der Waals surface area (Å²) in [5.41, 5.74) is 0. The van der Waals surface area contributed by atoms with Crippen molar-refractivity contribution in [2.75, 3.05) is 0 Å². The van der Waals surface area contributed by atoms with Crippen LogP contribution in [-0.4, -0.2) is 4.29 Å². The molecule has 0 radical (unpaired) electrons. The molecule has 3 heteroatoms. The molecule has 0 saturated heterocycles. The molecule has 0 atom stereocenters. The molecule has 0 heterocycles. The van der Waals surface area contributed by atoms with E-state index in [-0.39, 0.29) is 20.1 Å². The number of carbonyl (C=O) groups excluding carboxylic acids is 1. The van der Waals surface area contributed by atoms with Crippen molar-refractivity contribution in [1.82, 2.24) is 0 Å². The number of hydrogen-bond acceptors (Lipinski definition) is 1. The molecule has 0 spiro atoms. The molecule has 0 rings (SSSR count). The Hall–Kier alpha value is 1.05. The van der Waals surface area contributed by atoms with Gasteiger partial charge in [0.2, 0.25) is 0 Å². The van der Waals surface area contributed by atoms with Crippen LogP contribution >= 0.6 is 22.6 Å². The summed E-state index contributed by atoms with van der Waals surface area (Å²) in [7, 11) is 0. The molecule has 0 aromatic heterocycles. The van der Waals surface area contributed by atoms with Gasteiger partial charge in [-0.15, -0.1) is 0 Å².